The summed E-state index contributed by atoms with van der Waals surface area (Å²) in [6, 6.07) is 19.5. The van der Waals surface area contributed by atoms with Crippen molar-refractivity contribution in [1.29, 1.82) is 0 Å². The van der Waals surface area contributed by atoms with Gasteiger partial charge in [-0.15, -0.1) is 0 Å². The number of aliphatic hydroxyl groups excluding tert-OH is 1. The van der Waals surface area contributed by atoms with Crippen LogP contribution in [0.15, 0.2) is 66.9 Å². The molecule has 6 heteroatoms. The summed E-state index contributed by atoms with van der Waals surface area (Å²) >= 11 is 0. The maximum absolute atomic E-state index is 13.4. The highest BCUT2D eigenvalue weighted by Crippen LogP contribution is 2.38. The molecule has 1 amide bonds. The number of fused-ring (bicyclic) bond motifs is 1. The van der Waals surface area contributed by atoms with Gasteiger partial charge in [0, 0.05) is 47.3 Å². The van der Waals surface area contributed by atoms with Crippen molar-refractivity contribution in [3.8, 4) is 16.9 Å². The van der Waals surface area contributed by atoms with Gasteiger partial charge < -0.3 is 15.2 Å². The smallest absolute Gasteiger partial charge is 0.251 e. The quantitative estimate of drug-likeness (QED) is 0.143. The Labute approximate surface area is 241 Å². The number of carbonyl (C=O) groups is 2. The average Bonchev–Trinajstić information content (AvgIpc) is 3.83. The van der Waals surface area contributed by atoms with Crippen LogP contribution in [0.5, 0.6) is 5.75 Å². The summed E-state index contributed by atoms with van der Waals surface area (Å²) in [5.74, 6) is 1.25. The molecule has 0 radical (unpaired) electrons. The van der Waals surface area contributed by atoms with Crippen molar-refractivity contribution >= 4 is 22.6 Å². The largest absolute Gasteiger partial charge is 0.496 e. The molecule has 0 atom stereocenters. The van der Waals surface area contributed by atoms with Crippen LogP contribution < -0.4 is 10.1 Å². The molecule has 0 bridgehead atoms. The van der Waals surface area contributed by atoms with Gasteiger partial charge in [0.15, 0.2) is 5.78 Å². The Bertz CT molecular complexity index is 1520. The van der Waals surface area contributed by atoms with Crippen molar-refractivity contribution in [3.05, 3.63) is 94.7 Å². The van der Waals surface area contributed by atoms with Crippen LogP contribution in [0.2, 0.25) is 0 Å². The van der Waals surface area contributed by atoms with Gasteiger partial charge in [-0.3, -0.25) is 14.6 Å². The second-order valence-corrected chi connectivity index (χ2v) is 11.0. The van der Waals surface area contributed by atoms with Crippen molar-refractivity contribution in [1.82, 2.24) is 10.3 Å². The number of nitrogens with one attached hydrogen (secondary N) is 1. The van der Waals surface area contributed by atoms with Crippen molar-refractivity contribution < 1.29 is 19.4 Å². The highest BCUT2D eigenvalue weighted by Gasteiger charge is 2.27. The Morgan fingerprint density at radius 2 is 1.73 bits per heavy atom. The molecular weight excluding hydrogens is 512 g/mol. The maximum Gasteiger partial charge on any atom is 0.251 e. The zero-order chi connectivity index (χ0) is 28.8. The number of ether oxygens (including phenoxy) is 1. The van der Waals surface area contributed by atoms with Crippen LogP contribution in [-0.2, 0) is 19.4 Å². The van der Waals surface area contributed by atoms with Gasteiger partial charge in [0.05, 0.1) is 19.2 Å². The number of aliphatic hydroxyl groups is 1. The Kier molecular flexibility index (Phi) is 9.10. The number of amides is 1. The van der Waals surface area contributed by atoms with Gasteiger partial charge in [-0.1, -0.05) is 49.7 Å². The molecule has 41 heavy (non-hydrogen) atoms. The number of rotatable bonds is 13. The summed E-state index contributed by atoms with van der Waals surface area (Å²) in [5, 5.41) is 13.3. The fourth-order valence-electron chi connectivity index (χ4n) is 5.24. The van der Waals surface area contributed by atoms with E-state index in [2.05, 4.69) is 18.3 Å². The van der Waals surface area contributed by atoms with Gasteiger partial charge in [-0.2, -0.15) is 0 Å². The molecular formula is C35H38N2O4. The lowest BCUT2D eigenvalue weighted by Crippen LogP contribution is -2.24. The zero-order valence-corrected chi connectivity index (χ0v) is 23.9. The molecule has 1 aliphatic rings. The first kappa shape index (κ1) is 28.5. The first-order valence-electron chi connectivity index (χ1n) is 14.6. The molecule has 1 aliphatic carbocycles. The number of carbonyl (C=O) groups excluding carboxylic acids is 2. The van der Waals surface area contributed by atoms with E-state index in [1.54, 1.807) is 13.3 Å². The summed E-state index contributed by atoms with van der Waals surface area (Å²) in [6.07, 6.45) is 7.97. The zero-order valence-electron chi connectivity index (χ0n) is 23.9. The van der Waals surface area contributed by atoms with Gasteiger partial charge in [0.1, 0.15) is 5.75 Å². The highest BCUT2D eigenvalue weighted by molar-refractivity contribution is 6.03. The van der Waals surface area contributed by atoms with Crippen LogP contribution in [0.3, 0.4) is 0 Å². The lowest BCUT2D eigenvalue weighted by Gasteiger charge is -2.16. The highest BCUT2D eigenvalue weighted by atomic mass is 16.5. The number of aryl methyl sites for hydroxylation is 2. The lowest BCUT2D eigenvalue weighted by atomic mass is 9.91. The van der Waals surface area contributed by atoms with E-state index < -0.39 is 0 Å². The summed E-state index contributed by atoms with van der Waals surface area (Å²) in [5.41, 5.74) is 6.95. The number of benzene rings is 3. The van der Waals surface area contributed by atoms with Gasteiger partial charge >= 0.3 is 0 Å². The van der Waals surface area contributed by atoms with Crippen LogP contribution >= 0.6 is 0 Å². The summed E-state index contributed by atoms with van der Waals surface area (Å²) in [4.78, 5) is 30.6. The SMILES string of the molecule is CCCCNC(=O)c1ccc(-c2cc3c(CCc4ccc(CO)cc4)c(C(=O)CC4CC4)cnc3cc2OC)cc1. The lowest BCUT2D eigenvalue weighted by molar-refractivity contribution is 0.0950. The van der Waals surface area contributed by atoms with Crippen LogP contribution in [-0.4, -0.2) is 35.4 Å². The minimum Gasteiger partial charge on any atom is -0.496 e. The van der Waals surface area contributed by atoms with E-state index in [1.807, 2.05) is 54.6 Å². The van der Waals surface area contributed by atoms with E-state index in [9.17, 15) is 14.7 Å². The molecule has 1 aromatic heterocycles. The van der Waals surface area contributed by atoms with Crippen molar-refractivity contribution in [2.24, 2.45) is 5.92 Å². The molecule has 0 aliphatic heterocycles. The third kappa shape index (κ3) is 6.83. The Morgan fingerprint density at radius 1 is 1.00 bits per heavy atom. The molecule has 1 heterocycles. The first-order valence-corrected chi connectivity index (χ1v) is 14.6. The molecule has 0 saturated heterocycles. The van der Waals surface area contributed by atoms with Crippen LogP contribution in [0.4, 0.5) is 0 Å². The predicted octanol–water partition coefficient (Wildman–Crippen LogP) is 6.70. The average molecular weight is 551 g/mol. The molecule has 1 saturated carbocycles. The van der Waals surface area contributed by atoms with E-state index in [1.165, 1.54) is 0 Å². The van der Waals surface area contributed by atoms with Gasteiger partial charge in [0.2, 0.25) is 0 Å². The second-order valence-electron chi connectivity index (χ2n) is 11.0. The molecule has 2 N–H and O–H groups in total. The third-order valence-electron chi connectivity index (χ3n) is 7.92. The fraction of sp³-hybridized carbons (Fsp3) is 0.343. The third-order valence-corrected chi connectivity index (χ3v) is 7.92. The van der Waals surface area contributed by atoms with E-state index in [4.69, 9.17) is 9.72 Å². The normalized spacial score (nSPS) is 12.9. The Balaban J connectivity index is 1.52. The van der Waals surface area contributed by atoms with E-state index in [0.717, 1.165) is 70.8 Å². The summed E-state index contributed by atoms with van der Waals surface area (Å²) in [7, 11) is 1.64. The predicted molar refractivity (Wildman–Crippen MR) is 162 cm³/mol. The van der Waals surface area contributed by atoms with Gasteiger partial charge in [0.25, 0.3) is 5.91 Å². The maximum atomic E-state index is 13.4. The number of pyridine rings is 1. The summed E-state index contributed by atoms with van der Waals surface area (Å²) in [6.45, 7) is 2.78. The van der Waals surface area contributed by atoms with Gasteiger partial charge in [-0.05, 0) is 78.5 Å². The molecule has 1 fully saturated rings. The summed E-state index contributed by atoms with van der Waals surface area (Å²) < 4.78 is 5.77. The van der Waals surface area contributed by atoms with Crippen LogP contribution in [0.1, 0.15) is 76.4 Å². The van der Waals surface area contributed by atoms with E-state index in [0.29, 0.717) is 42.2 Å². The Morgan fingerprint density at radius 3 is 2.39 bits per heavy atom. The number of hydrogen-bond donors (Lipinski definition) is 2. The Hall–Kier alpha value is -4.03. The monoisotopic (exact) mass is 550 g/mol. The molecule has 0 spiro atoms. The standard InChI is InChI=1S/C35H38N2O4/c1-3-4-17-36-35(40)27-14-12-26(13-15-27)29-19-30-28(16-11-23-5-9-25(22-38)10-6-23)31(33(39)18-24-7-8-24)21-37-32(30)20-34(29)41-2/h5-6,9-10,12-15,19-21,24,38H,3-4,7-8,11,16-18,22H2,1-2H3,(H,36,40). The van der Waals surface area contributed by atoms with Crippen molar-refractivity contribution in [3.63, 3.8) is 0 Å². The number of hydrogen-bond acceptors (Lipinski definition) is 5. The number of ketones is 1. The molecule has 6 nitrogen and oxygen atoms in total. The van der Waals surface area contributed by atoms with Crippen LogP contribution in [0.25, 0.3) is 22.0 Å². The molecule has 3 aromatic carbocycles. The minimum absolute atomic E-state index is 0.0181. The van der Waals surface area contributed by atoms with E-state index >= 15 is 0 Å². The van der Waals surface area contributed by atoms with Crippen molar-refractivity contribution in [2.45, 2.75) is 58.5 Å². The molecule has 4 aromatic rings. The molecule has 212 valence electrons. The molecule has 0 unspecified atom stereocenters. The number of Topliss-reactive ketones (excluding diaryl/α,β-unsaturated/α-hetero) is 1. The number of nitrogens with zero attached hydrogens (tertiary/aromatic N) is 1. The first-order chi connectivity index (χ1) is 20.0. The topological polar surface area (TPSA) is 88.5 Å². The second kappa shape index (κ2) is 13.1. The van der Waals surface area contributed by atoms with Gasteiger partial charge in [-0.25, -0.2) is 0 Å². The van der Waals surface area contributed by atoms with Crippen LogP contribution in [0, 0.1) is 5.92 Å². The fourth-order valence-corrected chi connectivity index (χ4v) is 5.24. The van der Waals surface area contributed by atoms with E-state index in [-0.39, 0.29) is 18.3 Å². The number of methoxy groups -OCH3 is 1. The number of unbranched alkanes of at least 4 members (excludes halogenated alkanes) is 1. The molecule has 5 rings (SSSR count). The van der Waals surface area contributed by atoms with Crippen molar-refractivity contribution in [2.75, 3.05) is 13.7 Å². The minimum atomic E-state index is -0.0761. The number of aromatic nitrogens is 1.